The lowest BCUT2D eigenvalue weighted by Gasteiger charge is -2.10. The SMILES string of the molecule is COc1ccccc1COc1ccc(B(C)C)cc1. The molecular formula is C16H19BO2. The minimum atomic E-state index is 0.519. The Morgan fingerprint density at radius 1 is 0.947 bits per heavy atom. The maximum atomic E-state index is 5.79. The topological polar surface area (TPSA) is 18.5 Å². The lowest BCUT2D eigenvalue weighted by atomic mass is 9.49. The predicted molar refractivity (Wildman–Crippen MR) is 80.9 cm³/mol. The molecule has 0 aliphatic rings. The molecule has 2 aromatic carbocycles. The summed E-state index contributed by atoms with van der Waals surface area (Å²) in [5.74, 6) is 1.75. The zero-order valence-electron chi connectivity index (χ0n) is 11.7. The van der Waals surface area contributed by atoms with Gasteiger partial charge in [-0.1, -0.05) is 49.4 Å². The van der Waals surface area contributed by atoms with Crippen LogP contribution in [0.25, 0.3) is 0 Å². The fourth-order valence-electron chi connectivity index (χ4n) is 1.93. The molecule has 0 heterocycles. The molecule has 0 aromatic heterocycles. The normalized spacial score (nSPS) is 10.1. The Labute approximate surface area is 115 Å². The van der Waals surface area contributed by atoms with Crippen LogP contribution in [0.2, 0.25) is 13.6 Å². The van der Waals surface area contributed by atoms with Gasteiger partial charge in [-0.05, 0) is 18.2 Å². The van der Waals surface area contributed by atoms with Crippen LogP contribution in [0, 0.1) is 0 Å². The molecule has 2 nitrogen and oxygen atoms in total. The molecule has 0 fully saturated rings. The molecule has 0 N–H and O–H groups in total. The third kappa shape index (κ3) is 3.54. The lowest BCUT2D eigenvalue weighted by molar-refractivity contribution is 0.297. The molecule has 0 bridgehead atoms. The van der Waals surface area contributed by atoms with Crippen LogP contribution >= 0.6 is 0 Å². The summed E-state index contributed by atoms with van der Waals surface area (Å²) in [6, 6.07) is 16.2. The molecule has 0 atom stereocenters. The Hall–Kier alpha value is -1.90. The van der Waals surface area contributed by atoms with E-state index in [2.05, 4.69) is 25.8 Å². The Morgan fingerprint density at radius 3 is 2.26 bits per heavy atom. The number of hydrogen-bond donors (Lipinski definition) is 0. The molecule has 19 heavy (non-hydrogen) atoms. The van der Waals surface area contributed by atoms with Crippen LogP contribution in [0.3, 0.4) is 0 Å². The second-order valence-electron chi connectivity index (χ2n) is 4.82. The summed E-state index contributed by atoms with van der Waals surface area (Å²) >= 11 is 0. The molecule has 0 amide bonds. The highest BCUT2D eigenvalue weighted by Crippen LogP contribution is 2.19. The van der Waals surface area contributed by atoms with Gasteiger partial charge in [0.05, 0.1) is 7.11 Å². The van der Waals surface area contributed by atoms with Crippen molar-refractivity contribution in [1.29, 1.82) is 0 Å². The van der Waals surface area contributed by atoms with E-state index in [0.29, 0.717) is 13.3 Å². The van der Waals surface area contributed by atoms with Crippen LogP contribution in [0.5, 0.6) is 11.5 Å². The summed E-state index contributed by atoms with van der Waals surface area (Å²) in [6.07, 6.45) is 0. The average molecular weight is 254 g/mol. The van der Waals surface area contributed by atoms with Crippen LogP contribution < -0.4 is 14.9 Å². The largest absolute Gasteiger partial charge is 0.496 e. The van der Waals surface area contributed by atoms with E-state index in [0.717, 1.165) is 17.1 Å². The summed E-state index contributed by atoms with van der Waals surface area (Å²) in [6.45, 7) is 5.43. The van der Waals surface area contributed by atoms with E-state index >= 15 is 0 Å². The molecular weight excluding hydrogens is 235 g/mol. The van der Waals surface area contributed by atoms with Gasteiger partial charge in [0.15, 0.2) is 6.71 Å². The molecule has 2 aromatic rings. The first-order valence-electron chi connectivity index (χ1n) is 6.55. The molecule has 0 radical (unpaired) electrons. The van der Waals surface area contributed by atoms with Gasteiger partial charge in [0.1, 0.15) is 18.1 Å². The molecule has 0 saturated heterocycles. The number of para-hydroxylation sites is 1. The molecule has 0 aliphatic heterocycles. The third-order valence-corrected chi connectivity index (χ3v) is 3.13. The molecule has 0 saturated carbocycles. The summed E-state index contributed by atoms with van der Waals surface area (Å²) in [5, 5.41) is 0. The highest BCUT2D eigenvalue weighted by molar-refractivity contribution is 6.70. The predicted octanol–water partition coefficient (Wildman–Crippen LogP) is 3.24. The standard InChI is InChI=1S/C16H19BO2/c1-17(2)14-8-10-15(11-9-14)19-12-13-6-4-5-7-16(13)18-3/h4-11H,12H2,1-3H3. The lowest BCUT2D eigenvalue weighted by Crippen LogP contribution is -2.21. The number of hydrogen-bond acceptors (Lipinski definition) is 2. The van der Waals surface area contributed by atoms with Crippen molar-refractivity contribution in [3.63, 3.8) is 0 Å². The van der Waals surface area contributed by atoms with Crippen molar-refractivity contribution < 1.29 is 9.47 Å². The van der Waals surface area contributed by atoms with Crippen LogP contribution in [0.15, 0.2) is 48.5 Å². The van der Waals surface area contributed by atoms with Gasteiger partial charge in [-0.3, -0.25) is 0 Å². The zero-order valence-corrected chi connectivity index (χ0v) is 11.7. The van der Waals surface area contributed by atoms with Crippen molar-refractivity contribution in [2.24, 2.45) is 0 Å². The van der Waals surface area contributed by atoms with E-state index in [-0.39, 0.29) is 0 Å². The number of methoxy groups -OCH3 is 1. The first kappa shape index (κ1) is 13.5. The summed E-state index contributed by atoms with van der Waals surface area (Å²) in [5.41, 5.74) is 2.38. The summed E-state index contributed by atoms with van der Waals surface area (Å²) < 4.78 is 11.1. The Morgan fingerprint density at radius 2 is 1.63 bits per heavy atom. The van der Waals surface area contributed by atoms with E-state index < -0.39 is 0 Å². The van der Waals surface area contributed by atoms with Crippen molar-refractivity contribution in [3.8, 4) is 11.5 Å². The maximum Gasteiger partial charge on any atom is 0.169 e. The van der Waals surface area contributed by atoms with Gasteiger partial charge in [0.2, 0.25) is 0 Å². The van der Waals surface area contributed by atoms with Crippen LogP contribution in [0.4, 0.5) is 0 Å². The molecule has 0 spiro atoms. The second kappa shape index (κ2) is 6.32. The van der Waals surface area contributed by atoms with E-state index in [1.54, 1.807) is 7.11 Å². The highest BCUT2D eigenvalue weighted by atomic mass is 16.5. The van der Waals surface area contributed by atoms with E-state index in [4.69, 9.17) is 9.47 Å². The highest BCUT2D eigenvalue weighted by Gasteiger charge is 2.04. The zero-order chi connectivity index (χ0) is 13.7. The van der Waals surface area contributed by atoms with Gasteiger partial charge < -0.3 is 9.47 Å². The van der Waals surface area contributed by atoms with Gasteiger partial charge >= 0.3 is 0 Å². The van der Waals surface area contributed by atoms with E-state index in [1.165, 1.54) is 5.46 Å². The van der Waals surface area contributed by atoms with Crippen molar-refractivity contribution in [2.75, 3.05) is 7.11 Å². The van der Waals surface area contributed by atoms with Crippen molar-refractivity contribution in [1.82, 2.24) is 0 Å². The average Bonchev–Trinajstić information content (AvgIpc) is 2.45. The maximum absolute atomic E-state index is 5.79. The Balaban J connectivity index is 2.02. The van der Waals surface area contributed by atoms with Crippen LogP contribution in [-0.2, 0) is 6.61 Å². The Kier molecular flexibility index (Phi) is 4.50. The van der Waals surface area contributed by atoms with Gasteiger partial charge in [-0.15, -0.1) is 0 Å². The van der Waals surface area contributed by atoms with Crippen molar-refractivity contribution >= 4 is 12.2 Å². The number of ether oxygens (including phenoxy) is 2. The molecule has 98 valence electrons. The number of rotatable bonds is 5. The van der Waals surface area contributed by atoms with Gasteiger partial charge in [0.25, 0.3) is 0 Å². The first-order chi connectivity index (χ1) is 9.20. The van der Waals surface area contributed by atoms with Crippen molar-refractivity contribution in [3.05, 3.63) is 54.1 Å². The van der Waals surface area contributed by atoms with Gasteiger partial charge in [-0.25, -0.2) is 0 Å². The van der Waals surface area contributed by atoms with Gasteiger partial charge in [-0.2, -0.15) is 0 Å². The second-order valence-corrected chi connectivity index (χ2v) is 4.82. The molecule has 0 unspecified atom stereocenters. The number of benzene rings is 2. The molecule has 2 rings (SSSR count). The van der Waals surface area contributed by atoms with Crippen LogP contribution in [0.1, 0.15) is 5.56 Å². The molecule has 3 heteroatoms. The first-order valence-corrected chi connectivity index (χ1v) is 6.55. The fourth-order valence-corrected chi connectivity index (χ4v) is 1.93. The van der Waals surface area contributed by atoms with Crippen LogP contribution in [-0.4, -0.2) is 13.8 Å². The smallest absolute Gasteiger partial charge is 0.169 e. The Bertz CT molecular complexity index is 521. The quantitative estimate of drug-likeness (QED) is 0.762. The molecule has 0 aliphatic carbocycles. The fraction of sp³-hybridized carbons (Fsp3) is 0.250. The summed E-state index contributed by atoms with van der Waals surface area (Å²) in [7, 11) is 1.68. The third-order valence-electron chi connectivity index (χ3n) is 3.13. The van der Waals surface area contributed by atoms with Gasteiger partial charge in [0, 0.05) is 5.56 Å². The van der Waals surface area contributed by atoms with E-state index in [1.807, 2.05) is 36.4 Å². The van der Waals surface area contributed by atoms with Crippen molar-refractivity contribution in [2.45, 2.75) is 20.3 Å². The minimum absolute atomic E-state index is 0.519. The van der Waals surface area contributed by atoms with E-state index in [9.17, 15) is 0 Å². The minimum Gasteiger partial charge on any atom is -0.496 e. The monoisotopic (exact) mass is 254 g/mol. The summed E-state index contributed by atoms with van der Waals surface area (Å²) in [4.78, 5) is 0.